The highest BCUT2D eigenvalue weighted by Crippen LogP contribution is 2.15. The van der Waals surface area contributed by atoms with E-state index < -0.39 is 0 Å². The average molecular weight is 317 g/mol. The lowest BCUT2D eigenvalue weighted by molar-refractivity contribution is 1.11. The van der Waals surface area contributed by atoms with Gasteiger partial charge in [0.25, 0.3) is 0 Å². The second-order valence-electron chi connectivity index (χ2n) is 5.51. The Bertz CT molecular complexity index is 830. The summed E-state index contributed by atoms with van der Waals surface area (Å²) in [5.41, 5.74) is 4.15. The molecule has 0 atom stereocenters. The zero-order valence-electron chi connectivity index (χ0n) is 13.5. The molecule has 120 valence electrons. The van der Waals surface area contributed by atoms with Gasteiger partial charge in [-0.2, -0.15) is 0 Å². The van der Waals surface area contributed by atoms with E-state index in [2.05, 4.69) is 38.8 Å². The lowest BCUT2D eigenvalue weighted by Crippen LogP contribution is -2.22. The van der Waals surface area contributed by atoms with Crippen LogP contribution in [-0.4, -0.2) is 15.9 Å². The van der Waals surface area contributed by atoms with Crippen molar-refractivity contribution in [2.45, 2.75) is 13.3 Å². The molecule has 0 saturated heterocycles. The Morgan fingerprint density at radius 2 is 1.75 bits per heavy atom. The number of benzene rings is 2. The molecule has 0 aliphatic heterocycles. The molecule has 1 aromatic heterocycles. The molecule has 0 aliphatic carbocycles. The second-order valence-corrected chi connectivity index (χ2v) is 5.51. The van der Waals surface area contributed by atoms with Crippen molar-refractivity contribution in [1.82, 2.24) is 9.97 Å². The molecule has 0 saturated carbocycles. The minimum absolute atomic E-state index is 0.137. The first-order valence-corrected chi connectivity index (χ1v) is 7.74. The van der Waals surface area contributed by atoms with Gasteiger partial charge in [-0.05, 0) is 42.7 Å². The third-order valence-corrected chi connectivity index (χ3v) is 3.48. The summed E-state index contributed by atoms with van der Waals surface area (Å²) in [5, 5.41) is 13.9. The summed E-state index contributed by atoms with van der Waals surface area (Å²) in [6.45, 7) is 1.89. The van der Waals surface area contributed by atoms with Crippen LogP contribution in [0, 0.1) is 12.3 Å². The monoisotopic (exact) mass is 317 g/mol. The molecule has 24 heavy (non-hydrogen) atoms. The summed E-state index contributed by atoms with van der Waals surface area (Å²) in [7, 11) is 0. The van der Waals surface area contributed by atoms with Gasteiger partial charge in [0.2, 0.25) is 5.95 Å². The molecule has 0 fully saturated rings. The van der Waals surface area contributed by atoms with E-state index in [1.54, 1.807) is 6.20 Å². The zero-order chi connectivity index (χ0) is 16.8. The fourth-order valence-corrected chi connectivity index (χ4v) is 2.39. The molecule has 0 unspecified atom stereocenters. The highest BCUT2D eigenvalue weighted by atomic mass is 15.2. The Hall–Kier alpha value is -3.21. The van der Waals surface area contributed by atoms with Crippen molar-refractivity contribution >= 4 is 17.6 Å². The van der Waals surface area contributed by atoms with Gasteiger partial charge in [0, 0.05) is 17.6 Å². The molecule has 0 aliphatic rings. The lowest BCUT2D eigenvalue weighted by atomic mass is 10.0. The summed E-state index contributed by atoms with van der Waals surface area (Å²) in [5.74, 6) is 0.547. The normalized spacial score (nSPS) is 10.2. The number of anilines is 2. The Balaban J connectivity index is 1.65. The number of hydrogen-bond acceptors (Lipinski definition) is 3. The van der Waals surface area contributed by atoms with Crippen LogP contribution in [-0.2, 0) is 6.42 Å². The van der Waals surface area contributed by atoms with Crippen LogP contribution in [0.25, 0.3) is 0 Å². The molecular formula is C19H19N5. The predicted octanol–water partition coefficient (Wildman–Crippen LogP) is 3.83. The Kier molecular flexibility index (Phi) is 4.81. The van der Waals surface area contributed by atoms with E-state index in [0.717, 1.165) is 17.8 Å². The summed E-state index contributed by atoms with van der Waals surface area (Å²) < 4.78 is 0. The highest BCUT2D eigenvalue weighted by molar-refractivity contribution is 6.00. The van der Waals surface area contributed by atoms with Crippen LogP contribution in [0.1, 0.15) is 16.8 Å². The van der Waals surface area contributed by atoms with Gasteiger partial charge in [-0.3, -0.25) is 10.7 Å². The number of aryl methyl sites for hydroxylation is 1. The SMILES string of the molecule is Cc1ccnc(NC(=N)Nc2cccc(Cc3ccccc3)c2)n1. The number of nitrogens with one attached hydrogen (secondary N) is 3. The molecule has 2 aromatic carbocycles. The molecule has 3 N–H and O–H groups in total. The van der Waals surface area contributed by atoms with Gasteiger partial charge in [-0.25, -0.2) is 9.97 Å². The highest BCUT2D eigenvalue weighted by Gasteiger charge is 2.03. The van der Waals surface area contributed by atoms with Crippen molar-refractivity contribution in [2.75, 3.05) is 10.6 Å². The number of nitrogens with zero attached hydrogens (tertiary/aromatic N) is 2. The number of guanidine groups is 1. The summed E-state index contributed by atoms with van der Waals surface area (Å²) in [4.78, 5) is 8.32. The van der Waals surface area contributed by atoms with E-state index in [1.165, 1.54) is 11.1 Å². The molecule has 0 radical (unpaired) electrons. The molecule has 5 heteroatoms. The van der Waals surface area contributed by atoms with Crippen LogP contribution in [0.3, 0.4) is 0 Å². The molecule has 5 nitrogen and oxygen atoms in total. The van der Waals surface area contributed by atoms with Crippen LogP contribution in [0.5, 0.6) is 0 Å². The molecule has 0 spiro atoms. The van der Waals surface area contributed by atoms with Crippen molar-refractivity contribution in [2.24, 2.45) is 0 Å². The van der Waals surface area contributed by atoms with Crippen LogP contribution < -0.4 is 10.6 Å². The van der Waals surface area contributed by atoms with Gasteiger partial charge in [-0.1, -0.05) is 42.5 Å². The number of hydrogen-bond donors (Lipinski definition) is 3. The molecular weight excluding hydrogens is 298 g/mol. The fraction of sp³-hybridized carbons (Fsp3) is 0.105. The maximum absolute atomic E-state index is 8.02. The van der Waals surface area contributed by atoms with Gasteiger partial charge in [0.05, 0.1) is 0 Å². The van der Waals surface area contributed by atoms with Crippen molar-refractivity contribution in [1.29, 1.82) is 5.41 Å². The van der Waals surface area contributed by atoms with E-state index in [4.69, 9.17) is 5.41 Å². The van der Waals surface area contributed by atoms with Gasteiger partial charge >= 0.3 is 0 Å². The van der Waals surface area contributed by atoms with E-state index in [1.807, 2.05) is 49.4 Å². The first-order chi connectivity index (χ1) is 11.7. The minimum Gasteiger partial charge on any atom is -0.326 e. The Morgan fingerprint density at radius 3 is 2.54 bits per heavy atom. The summed E-state index contributed by atoms with van der Waals surface area (Å²) in [6, 6.07) is 20.2. The van der Waals surface area contributed by atoms with Gasteiger partial charge in [0.15, 0.2) is 5.96 Å². The van der Waals surface area contributed by atoms with Gasteiger partial charge < -0.3 is 5.32 Å². The van der Waals surface area contributed by atoms with Crippen molar-refractivity contribution < 1.29 is 0 Å². The Labute approximate surface area is 141 Å². The van der Waals surface area contributed by atoms with Crippen molar-refractivity contribution in [3.63, 3.8) is 0 Å². The minimum atomic E-state index is 0.137. The van der Waals surface area contributed by atoms with Crippen LogP contribution in [0.4, 0.5) is 11.6 Å². The second kappa shape index (κ2) is 7.37. The van der Waals surface area contributed by atoms with Crippen molar-refractivity contribution in [3.05, 3.63) is 83.7 Å². The van der Waals surface area contributed by atoms with Crippen molar-refractivity contribution in [3.8, 4) is 0 Å². The largest absolute Gasteiger partial charge is 0.326 e. The summed E-state index contributed by atoms with van der Waals surface area (Å²) in [6.07, 6.45) is 2.52. The number of aromatic nitrogens is 2. The van der Waals surface area contributed by atoms with Crippen LogP contribution in [0.2, 0.25) is 0 Å². The topological polar surface area (TPSA) is 73.7 Å². The van der Waals surface area contributed by atoms with Crippen LogP contribution in [0.15, 0.2) is 66.9 Å². The van der Waals surface area contributed by atoms with E-state index in [-0.39, 0.29) is 5.96 Å². The molecule has 3 aromatic rings. The first-order valence-electron chi connectivity index (χ1n) is 7.74. The maximum atomic E-state index is 8.02. The predicted molar refractivity (Wildman–Crippen MR) is 97.4 cm³/mol. The quantitative estimate of drug-likeness (QED) is 0.505. The van der Waals surface area contributed by atoms with E-state index in [9.17, 15) is 0 Å². The third-order valence-electron chi connectivity index (χ3n) is 3.48. The van der Waals surface area contributed by atoms with E-state index in [0.29, 0.717) is 5.95 Å². The zero-order valence-corrected chi connectivity index (χ0v) is 13.5. The summed E-state index contributed by atoms with van der Waals surface area (Å²) >= 11 is 0. The van der Waals surface area contributed by atoms with E-state index >= 15 is 0 Å². The molecule has 0 amide bonds. The van der Waals surface area contributed by atoms with Crippen LogP contribution >= 0.6 is 0 Å². The standard InChI is InChI=1S/C19H19N5/c1-14-10-11-21-19(22-14)24-18(20)23-17-9-5-8-16(13-17)12-15-6-3-2-4-7-15/h2-11,13H,12H2,1H3,(H3,20,21,22,23,24). The average Bonchev–Trinajstić information content (AvgIpc) is 2.56. The molecule has 1 heterocycles. The number of rotatable bonds is 4. The first kappa shape index (κ1) is 15.7. The molecule has 0 bridgehead atoms. The Morgan fingerprint density at radius 1 is 0.958 bits per heavy atom. The maximum Gasteiger partial charge on any atom is 0.229 e. The van der Waals surface area contributed by atoms with Gasteiger partial charge in [-0.15, -0.1) is 0 Å². The molecule has 3 rings (SSSR count). The van der Waals surface area contributed by atoms with Gasteiger partial charge in [0.1, 0.15) is 0 Å². The lowest BCUT2D eigenvalue weighted by Gasteiger charge is -2.11. The fourth-order valence-electron chi connectivity index (χ4n) is 2.39. The third kappa shape index (κ3) is 4.39. The smallest absolute Gasteiger partial charge is 0.229 e.